The van der Waals surface area contributed by atoms with Crippen molar-refractivity contribution in [2.75, 3.05) is 0 Å². The molecule has 0 radical (unpaired) electrons. The number of carbonyl (C=O) groups is 2. The minimum absolute atomic E-state index is 0.215. The number of benzene rings is 1. The van der Waals surface area contributed by atoms with Crippen molar-refractivity contribution in [2.24, 2.45) is 0 Å². The van der Waals surface area contributed by atoms with Gasteiger partial charge in [0.1, 0.15) is 5.78 Å². The SMILES string of the molecule is O=C(O)c1cccc(Cl)c1.O=C1CCCCC1. The molecule has 17 heavy (non-hydrogen) atoms. The van der Waals surface area contributed by atoms with E-state index in [2.05, 4.69) is 0 Å². The van der Waals surface area contributed by atoms with Crippen molar-refractivity contribution < 1.29 is 14.7 Å². The first-order chi connectivity index (χ1) is 8.09. The van der Waals surface area contributed by atoms with E-state index in [1.807, 2.05) is 0 Å². The summed E-state index contributed by atoms with van der Waals surface area (Å²) < 4.78 is 0. The summed E-state index contributed by atoms with van der Waals surface area (Å²) in [5.41, 5.74) is 0.215. The topological polar surface area (TPSA) is 54.4 Å². The number of halogens is 1. The molecule has 0 heterocycles. The van der Waals surface area contributed by atoms with Gasteiger partial charge in [-0.25, -0.2) is 4.79 Å². The third-order valence-electron chi connectivity index (χ3n) is 2.48. The number of hydrogen-bond acceptors (Lipinski definition) is 2. The Morgan fingerprint density at radius 3 is 2.18 bits per heavy atom. The lowest BCUT2D eigenvalue weighted by Gasteiger charge is -2.05. The highest BCUT2D eigenvalue weighted by Crippen LogP contribution is 2.12. The maximum atomic E-state index is 10.5. The molecule has 2 rings (SSSR count). The molecular formula is C13H15ClO3. The number of carboxylic acid groups (broad SMARTS) is 1. The van der Waals surface area contributed by atoms with Gasteiger partial charge in [-0.2, -0.15) is 0 Å². The van der Waals surface area contributed by atoms with E-state index in [1.165, 1.54) is 18.6 Å². The van der Waals surface area contributed by atoms with Crippen LogP contribution in [0, 0.1) is 0 Å². The van der Waals surface area contributed by atoms with Gasteiger partial charge < -0.3 is 5.11 Å². The van der Waals surface area contributed by atoms with Gasteiger partial charge in [0.2, 0.25) is 0 Å². The van der Waals surface area contributed by atoms with Crippen LogP contribution in [0.1, 0.15) is 42.5 Å². The van der Waals surface area contributed by atoms with Gasteiger partial charge in [-0.05, 0) is 31.0 Å². The molecule has 1 fully saturated rings. The fourth-order valence-electron chi connectivity index (χ4n) is 1.57. The third-order valence-corrected chi connectivity index (χ3v) is 2.72. The number of rotatable bonds is 1. The van der Waals surface area contributed by atoms with Crippen molar-refractivity contribution in [3.8, 4) is 0 Å². The summed E-state index contributed by atoms with van der Waals surface area (Å²) >= 11 is 5.53. The first-order valence-electron chi connectivity index (χ1n) is 5.60. The molecular weight excluding hydrogens is 240 g/mol. The van der Waals surface area contributed by atoms with Gasteiger partial charge in [-0.15, -0.1) is 0 Å². The molecule has 0 saturated heterocycles. The van der Waals surface area contributed by atoms with Crippen LogP contribution in [0.3, 0.4) is 0 Å². The molecule has 0 aliphatic heterocycles. The lowest BCUT2D eigenvalue weighted by Crippen LogP contribution is -2.02. The van der Waals surface area contributed by atoms with Crippen molar-refractivity contribution in [3.63, 3.8) is 0 Å². The summed E-state index contributed by atoms with van der Waals surface area (Å²) in [5.74, 6) is -0.492. The predicted molar refractivity (Wildman–Crippen MR) is 66.5 cm³/mol. The fourth-order valence-corrected chi connectivity index (χ4v) is 1.76. The van der Waals surface area contributed by atoms with E-state index in [0.29, 0.717) is 10.8 Å². The van der Waals surface area contributed by atoms with Gasteiger partial charge in [-0.1, -0.05) is 24.1 Å². The number of carbonyl (C=O) groups excluding carboxylic acids is 1. The van der Waals surface area contributed by atoms with Crippen LogP contribution in [0.5, 0.6) is 0 Å². The molecule has 0 unspecified atom stereocenters. The molecule has 1 saturated carbocycles. The van der Waals surface area contributed by atoms with Gasteiger partial charge in [0, 0.05) is 17.9 Å². The van der Waals surface area contributed by atoms with Crippen molar-refractivity contribution in [1.82, 2.24) is 0 Å². The Kier molecular flexibility index (Phi) is 5.70. The monoisotopic (exact) mass is 254 g/mol. The Morgan fingerprint density at radius 1 is 1.18 bits per heavy atom. The summed E-state index contributed by atoms with van der Waals surface area (Å²) in [6, 6.07) is 6.14. The molecule has 92 valence electrons. The van der Waals surface area contributed by atoms with Crippen molar-refractivity contribution in [3.05, 3.63) is 34.9 Å². The van der Waals surface area contributed by atoms with Crippen LogP contribution in [-0.2, 0) is 4.79 Å². The van der Waals surface area contributed by atoms with E-state index in [9.17, 15) is 9.59 Å². The highest BCUT2D eigenvalue weighted by Gasteiger charge is 2.06. The Hall–Kier alpha value is -1.35. The van der Waals surface area contributed by atoms with Gasteiger partial charge in [-0.3, -0.25) is 4.79 Å². The number of aromatic carboxylic acids is 1. The van der Waals surface area contributed by atoms with Gasteiger partial charge in [0.05, 0.1) is 5.56 Å². The molecule has 1 aromatic rings. The maximum absolute atomic E-state index is 10.5. The molecule has 1 aliphatic rings. The largest absolute Gasteiger partial charge is 0.478 e. The van der Waals surface area contributed by atoms with Crippen molar-refractivity contribution in [1.29, 1.82) is 0 Å². The lowest BCUT2D eigenvalue weighted by molar-refractivity contribution is -0.120. The highest BCUT2D eigenvalue weighted by molar-refractivity contribution is 6.30. The smallest absolute Gasteiger partial charge is 0.335 e. The first kappa shape index (κ1) is 13.7. The summed E-state index contributed by atoms with van der Waals surface area (Å²) in [6.45, 7) is 0. The second kappa shape index (κ2) is 7.07. The molecule has 4 heteroatoms. The van der Waals surface area contributed by atoms with E-state index in [-0.39, 0.29) is 5.56 Å². The minimum atomic E-state index is -0.956. The predicted octanol–water partition coefficient (Wildman–Crippen LogP) is 3.56. The maximum Gasteiger partial charge on any atom is 0.335 e. The van der Waals surface area contributed by atoms with Crippen LogP contribution >= 0.6 is 11.6 Å². The number of carboxylic acids is 1. The summed E-state index contributed by atoms with van der Waals surface area (Å²) in [7, 11) is 0. The second-order valence-electron chi connectivity index (χ2n) is 3.91. The van der Waals surface area contributed by atoms with Crippen LogP contribution in [0.4, 0.5) is 0 Å². The summed E-state index contributed by atoms with van der Waals surface area (Å²) in [5, 5.41) is 8.89. The Labute approximate surface area is 105 Å². The molecule has 0 atom stereocenters. The fraction of sp³-hybridized carbons (Fsp3) is 0.385. The molecule has 0 bridgehead atoms. The molecule has 0 aromatic heterocycles. The Balaban J connectivity index is 0.000000181. The standard InChI is InChI=1S/C7H5ClO2.C6H10O/c8-6-3-1-2-5(4-6)7(9)10;7-6-4-2-1-3-5-6/h1-4H,(H,9,10);1-5H2. The van der Waals surface area contributed by atoms with E-state index in [0.717, 1.165) is 25.7 Å². The van der Waals surface area contributed by atoms with Crippen molar-refractivity contribution >= 4 is 23.4 Å². The lowest BCUT2D eigenvalue weighted by atomic mass is 10.00. The molecule has 3 nitrogen and oxygen atoms in total. The van der Waals surface area contributed by atoms with E-state index < -0.39 is 5.97 Å². The van der Waals surface area contributed by atoms with E-state index in [1.54, 1.807) is 12.1 Å². The van der Waals surface area contributed by atoms with Crippen LogP contribution in [0.15, 0.2) is 24.3 Å². The zero-order valence-corrected chi connectivity index (χ0v) is 10.2. The number of Topliss-reactive ketones (excluding diaryl/α,β-unsaturated/α-hetero) is 1. The number of ketones is 1. The van der Waals surface area contributed by atoms with E-state index >= 15 is 0 Å². The van der Waals surface area contributed by atoms with E-state index in [4.69, 9.17) is 16.7 Å². The third kappa shape index (κ3) is 5.50. The van der Waals surface area contributed by atoms with Crippen LogP contribution in [-0.4, -0.2) is 16.9 Å². The quantitative estimate of drug-likeness (QED) is 0.834. The van der Waals surface area contributed by atoms with Crippen LogP contribution in [0.25, 0.3) is 0 Å². The van der Waals surface area contributed by atoms with Gasteiger partial charge in [0.15, 0.2) is 0 Å². The number of hydrogen-bond donors (Lipinski definition) is 1. The average molecular weight is 255 g/mol. The van der Waals surface area contributed by atoms with Crippen molar-refractivity contribution in [2.45, 2.75) is 32.1 Å². The summed E-state index contributed by atoms with van der Waals surface area (Å²) in [6.07, 6.45) is 5.24. The van der Waals surface area contributed by atoms with Gasteiger partial charge in [0.25, 0.3) is 0 Å². The zero-order valence-electron chi connectivity index (χ0n) is 9.49. The highest BCUT2D eigenvalue weighted by atomic mass is 35.5. The molecule has 1 N–H and O–H groups in total. The zero-order chi connectivity index (χ0) is 12.7. The first-order valence-corrected chi connectivity index (χ1v) is 5.98. The Bertz CT molecular complexity index is 393. The molecule has 1 aromatic carbocycles. The summed E-state index contributed by atoms with van der Waals surface area (Å²) in [4.78, 5) is 20.8. The average Bonchev–Trinajstić information content (AvgIpc) is 2.31. The second-order valence-corrected chi connectivity index (χ2v) is 4.35. The minimum Gasteiger partial charge on any atom is -0.478 e. The van der Waals surface area contributed by atoms with Crippen LogP contribution in [0.2, 0.25) is 5.02 Å². The van der Waals surface area contributed by atoms with Gasteiger partial charge >= 0.3 is 5.97 Å². The Morgan fingerprint density at radius 2 is 1.82 bits per heavy atom. The molecule has 0 amide bonds. The normalized spacial score (nSPS) is 14.8. The van der Waals surface area contributed by atoms with Crippen LogP contribution < -0.4 is 0 Å². The molecule has 1 aliphatic carbocycles. The molecule has 0 spiro atoms.